The van der Waals surface area contributed by atoms with E-state index in [0.29, 0.717) is 29.4 Å². The van der Waals surface area contributed by atoms with Crippen molar-refractivity contribution in [1.29, 1.82) is 0 Å². The van der Waals surface area contributed by atoms with Crippen LogP contribution in [-0.2, 0) is 23.9 Å². The number of alkyl halides is 3. The quantitative estimate of drug-likeness (QED) is 0.595. The van der Waals surface area contributed by atoms with E-state index in [-0.39, 0.29) is 12.3 Å². The number of nitrogens with zero attached hydrogens (tertiary/aromatic N) is 3. The van der Waals surface area contributed by atoms with Gasteiger partial charge in [0.2, 0.25) is 5.91 Å². The average molecular weight is 431 g/mol. The van der Waals surface area contributed by atoms with Crippen molar-refractivity contribution in [3.05, 3.63) is 70.7 Å². The Hall–Kier alpha value is -2.87. The highest BCUT2D eigenvalue weighted by molar-refractivity contribution is 7.13. The van der Waals surface area contributed by atoms with E-state index in [1.165, 1.54) is 23.5 Å². The van der Waals surface area contributed by atoms with Crippen LogP contribution < -0.4 is 4.90 Å². The predicted molar refractivity (Wildman–Crippen MR) is 111 cm³/mol. The molecule has 0 aliphatic carbocycles. The Bertz CT molecular complexity index is 1050. The van der Waals surface area contributed by atoms with Gasteiger partial charge in [0, 0.05) is 43.3 Å². The number of hydrogen-bond donors (Lipinski definition) is 0. The van der Waals surface area contributed by atoms with E-state index in [9.17, 15) is 18.0 Å². The number of anilines is 1. The van der Waals surface area contributed by atoms with Crippen LogP contribution in [0, 0.1) is 0 Å². The van der Waals surface area contributed by atoms with Gasteiger partial charge in [0.05, 0.1) is 17.7 Å². The molecule has 0 fully saturated rings. The van der Waals surface area contributed by atoms with Crippen molar-refractivity contribution >= 4 is 22.9 Å². The maximum Gasteiger partial charge on any atom is 0.416 e. The summed E-state index contributed by atoms with van der Waals surface area (Å²) in [4.78, 5) is 21.3. The van der Waals surface area contributed by atoms with Gasteiger partial charge in [-0.3, -0.25) is 4.79 Å². The molecule has 1 aliphatic rings. The summed E-state index contributed by atoms with van der Waals surface area (Å²) in [5, 5.41) is 2.40. The molecular formula is C22H20F3N3OS. The first-order valence-corrected chi connectivity index (χ1v) is 10.4. The standard InChI is InChI=1S/C22H20F3N3OS/c1-27-10-11-28(13-16-4-2-3-5-19(16)27)20(29)12-18-14-30-21(26-18)15-6-8-17(9-7-15)22(23,24)25/h2-9,14H,10-13H2,1H3. The van der Waals surface area contributed by atoms with E-state index < -0.39 is 11.7 Å². The number of carbonyl (C=O) groups excluding carboxylic acids is 1. The van der Waals surface area contributed by atoms with Crippen LogP contribution in [-0.4, -0.2) is 35.9 Å². The topological polar surface area (TPSA) is 36.4 Å². The van der Waals surface area contributed by atoms with E-state index >= 15 is 0 Å². The third kappa shape index (κ3) is 4.33. The van der Waals surface area contributed by atoms with Crippen LogP contribution in [0.1, 0.15) is 16.8 Å². The number of rotatable bonds is 3. The van der Waals surface area contributed by atoms with Gasteiger partial charge in [-0.15, -0.1) is 11.3 Å². The molecule has 2 aromatic carbocycles. The van der Waals surface area contributed by atoms with Crippen LogP contribution in [0.5, 0.6) is 0 Å². The predicted octanol–water partition coefficient (Wildman–Crippen LogP) is 4.85. The summed E-state index contributed by atoms with van der Waals surface area (Å²) < 4.78 is 38.2. The number of hydrogen-bond acceptors (Lipinski definition) is 4. The number of fused-ring (bicyclic) bond motifs is 1. The number of para-hydroxylation sites is 1. The average Bonchev–Trinajstić information content (AvgIpc) is 3.11. The molecule has 0 N–H and O–H groups in total. The van der Waals surface area contributed by atoms with E-state index in [1.807, 2.05) is 30.1 Å². The zero-order chi connectivity index (χ0) is 21.3. The van der Waals surface area contributed by atoms with E-state index in [2.05, 4.69) is 16.0 Å². The molecule has 2 heterocycles. The number of likely N-dealkylation sites (N-methyl/N-ethyl adjacent to an activating group) is 1. The first-order valence-electron chi connectivity index (χ1n) is 9.50. The zero-order valence-corrected chi connectivity index (χ0v) is 17.1. The second kappa shape index (κ2) is 8.10. The summed E-state index contributed by atoms with van der Waals surface area (Å²) in [6.07, 6.45) is -4.19. The molecule has 0 saturated carbocycles. The third-order valence-electron chi connectivity index (χ3n) is 5.17. The Morgan fingerprint density at radius 2 is 1.83 bits per heavy atom. The Morgan fingerprint density at radius 1 is 1.10 bits per heavy atom. The molecule has 0 unspecified atom stereocenters. The zero-order valence-electron chi connectivity index (χ0n) is 16.3. The van der Waals surface area contributed by atoms with Gasteiger partial charge in [0.1, 0.15) is 5.01 Å². The summed E-state index contributed by atoms with van der Waals surface area (Å²) in [6.45, 7) is 1.92. The summed E-state index contributed by atoms with van der Waals surface area (Å²) in [6, 6.07) is 13.0. The summed E-state index contributed by atoms with van der Waals surface area (Å²) in [5.41, 5.74) is 2.79. The molecule has 30 heavy (non-hydrogen) atoms. The molecule has 0 saturated heterocycles. The summed E-state index contributed by atoms with van der Waals surface area (Å²) in [7, 11) is 2.02. The number of benzene rings is 2. The molecule has 156 valence electrons. The van der Waals surface area contributed by atoms with Crippen LogP contribution >= 0.6 is 11.3 Å². The normalized spacial score (nSPS) is 14.4. The van der Waals surface area contributed by atoms with E-state index in [4.69, 9.17) is 0 Å². The van der Waals surface area contributed by atoms with Crippen LogP contribution in [0.15, 0.2) is 53.9 Å². The molecule has 1 amide bonds. The smallest absolute Gasteiger partial charge is 0.373 e. The maximum absolute atomic E-state index is 12.9. The molecule has 8 heteroatoms. The van der Waals surface area contributed by atoms with Gasteiger partial charge in [0.25, 0.3) is 0 Å². The second-order valence-electron chi connectivity index (χ2n) is 7.26. The van der Waals surface area contributed by atoms with Crippen LogP contribution in [0.3, 0.4) is 0 Å². The Balaban J connectivity index is 1.45. The second-order valence-corrected chi connectivity index (χ2v) is 8.12. The highest BCUT2D eigenvalue weighted by Crippen LogP contribution is 2.32. The monoisotopic (exact) mass is 431 g/mol. The van der Waals surface area contributed by atoms with Gasteiger partial charge in [-0.05, 0) is 23.8 Å². The number of thiazole rings is 1. The van der Waals surface area contributed by atoms with Crippen molar-refractivity contribution in [3.8, 4) is 10.6 Å². The highest BCUT2D eigenvalue weighted by atomic mass is 32.1. The number of amides is 1. The molecule has 1 aliphatic heterocycles. The fourth-order valence-corrected chi connectivity index (χ4v) is 4.32. The molecule has 4 rings (SSSR count). The first-order chi connectivity index (χ1) is 14.3. The van der Waals surface area contributed by atoms with Crippen molar-refractivity contribution in [2.45, 2.75) is 19.1 Å². The van der Waals surface area contributed by atoms with Crippen molar-refractivity contribution in [3.63, 3.8) is 0 Å². The minimum Gasteiger partial charge on any atom is -0.373 e. The van der Waals surface area contributed by atoms with Gasteiger partial charge in [-0.25, -0.2) is 4.98 Å². The lowest BCUT2D eigenvalue weighted by Crippen LogP contribution is -2.35. The van der Waals surface area contributed by atoms with E-state index in [1.54, 1.807) is 5.38 Å². The molecule has 3 aromatic rings. The number of carbonyl (C=O) groups is 1. The minimum absolute atomic E-state index is 0.00984. The lowest BCUT2D eigenvalue weighted by Gasteiger charge is -2.20. The van der Waals surface area contributed by atoms with Crippen LogP contribution in [0.25, 0.3) is 10.6 Å². The lowest BCUT2D eigenvalue weighted by molar-refractivity contribution is -0.137. The summed E-state index contributed by atoms with van der Waals surface area (Å²) >= 11 is 1.33. The van der Waals surface area contributed by atoms with Gasteiger partial charge in [-0.1, -0.05) is 30.3 Å². The largest absolute Gasteiger partial charge is 0.416 e. The Labute approximate surface area is 176 Å². The third-order valence-corrected chi connectivity index (χ3v) is 6.11. The van der Waals surface area contributed by atoms with Crippen molar-refractivity contribution < 1.29 is 18.0 Å². The Morgan fingerprint density at radius 3 is 2.57 bits per heavy atom. The maximum atomic E-state index is 12.9. The van der Waals surface area contributed by atoms with Crippen molar-refractivity contribution in [1.82, 2.24) is 9.88 Å². The van der Waals surface area contributed by atoms with Gasteiger partial charge < -0.3 is 9.80 Å². The Kier molecular flexibility index (Phi) is 5.51. The SMILES string of the molecule is CN1CCN(C(=O)Cc2csc(-c3ccc(C(F)(F)F)cc3)n2)Cc2ccccc21. The van der Waals surface area contributed by atoms with E-state index in [0.717, 1.165) is 29.9 Å². The number of aromatic nitrogens is 1. The van der Waals surface area contributed by atoms with Crippen molar-refractivity contribution in [2.24, 2.45) is 0 Å². The minimum atomic E-state index is -4.36. The number of halogens is 3. The molecule has 1 aromatic heterocycles. The summed E-state index contributed by atoms with van der Waals surface area (Å²) in [5.74, 6) is -0.00984. The fourth-order valence-electron chi connectivity index (χ4n) is 3.49. The molecule has 4 nitrogen and oxygen atoms in total. The molecular weight excluding hydrogens is 411 g/mol. The van der Waals surface area contributed by atoms with Gasteiger partial charge >= 0.3 is 6.18 Å². The van der Waals surface area contributed by atoms with Gasteiger partial charge in [-0.2, -0.15) is 13.2 Å². The van der Waals surface area contributed by atoms with Gasteiger partial charge in [0.15, 0.2) is 0 Å². The molecule has 0 spiro atoms. The lowest BCUT2D eigenvalue weighted by atomic mass is 10.1. The molecule has 0 atom stereocenters. The van der Waals surface area contributed by atoms with Crippen LogP contribution in [0.2, 0.25) is 0 Å². The highest BCUT2D eigenvalue weighted by Gasteiger charge is 2.30. The fraction of sp³-hybridized carbons (Fsp3) is 0.273. The molecule has 0 radical (unpaired) electrons. The first kappa shape index (κ1) is 20.4. The van der Waals surface area contributed by atoms with Crippen LogP contribution in [0.4, 0.5) is 18.9 Å². The van der Waals surface area contributed by atoms with Crippen molar-refractivity contribution in [2.75, 3.05) is 25.0 Å². The molecule has 0 bridgehead atoms.